The summed E-state index contributed by atoms with van der Waals surface area (Å²) >= 11 is 5.89. The Kier molecular flexibility index (Phi) is 6.64. The molecule has 1 amide bonds. The van der Waals surface area contributed by atoms with E-state index in [4.69, 9.17) is 21.1 Å². The molecule has 0 unspecified atom stereocenters. The molecular formula is C12H17ClN2O3. The molecule has 0 aliphatic carbocycles. The number of halogens is 1. The van der Waals surface area contributed by atoms with Gasteiger partial charge in [-0.25, -0.2) is 0 Å². The van der Waals surface area contributed by atoms with Gasteiger partial charge in [-0.05, 0) is 19.9 Å². The number of carbonyl (C=O) groups excluding carboxylic acids is 1. The molecule has 1 heterocycles. The number of nitrogens with zero attached hydrogens (tertiary/aromatic N) is 1. The Morgan fingerprint density at radius 2 is 2.11 bits per heavy atom. The van der Waals surface area contributed by atoms with Crippen molar-refractivity contribution < 1.29 is 14.3 Å². The number of hydrogen-bond donors (Lipinski definition) is 1. The predicted octanol–water partition coefficient (Wildman–Crippen LogP) is 1.86. The zero-order valence-electron chi connectivity index (χ0n) is 10.5. The molecule has 1 N–H and O–H groups in total. The lowest BCUT2D eigenvalue weighted by atomic mass is 10.2. The normalized spacial score (nSPS) is 10.7. The zero-order chi connectivity index (χ0) is 13.4. The monoisotopic (exact) mass is 272 g/mol. The Morgan fingerprint density at radius 3 is 2.67 bits per heavy atom. The van der Waals surface area contributed by atoms with Crippen molar-refractivity contribution in [3.63, 3.8) is 0 Å². The Bertz CT molecular complexity index is 381. The van der Waals surface area contributed by atoms with Crippen LogP contribution in [0.1, 0.15) is 24.2 Å². The lowest BCUT2D eigenvalue weighted by molar-refractivity contribution is -0.131. The number of aromatic nitrogens is 1. The van der Waals surface area contributed by atoms with Gasteiger partial charge in [0.25, 0.3) is 5.91 Å². The first-order valence-electron chi connectivity index (χ1n) is 5.79. The van der Waals surface area contributed by atoms with E-state index >= 15 is 0 Å². The summed E-state index contributed by atoms with van der Waals surface area (Å²) in [6.45, 7) is 5.05. The molecule has 100 valence electrons. The molecule has 0 spiro atoms. The van der Waals surface area contributed by atoms with Crippen molar-refractivity contribution in [2.45, 2.75) is 20.1 Å². The van der Waals surface area contributed by atoms with Crippen molar-refractivity contribution in [3.8, 4) is 0 Å². The summed E-state index contributed by atoms with van der Waals surface area (Å²) in [6.07, 6.45) is 2.51. The molecule has 18 heavy (non-hydrogen) atoms. The van der Waals surface area contributed by atoms with Gasteiger partial charge >= 0.3 is 0 Å². The smallest absolute Gasteiger partial charge is 0.254 e. The quantitative estimate of drug-likeness (QED) is 0.770. The van der Waals surface area contributed by atoms with Crippen molar-refractivity contribution in [3.05, 3.63) is 29.0 Å². The maximum absolute atomic E-state index is 11.8. The van der Waals surface area contributed by atoms with E-state index in [1.54, 1.807) is 6.07 Å². The minimum absolute atomic E-state index is 0.270. The molecule has 0 atom stereocenters. The van der Waals surface area contributed by atoms with Gasteiger partial charge in [0.2, 0.25) is 0 Å². The van der Waals surface area contributed by atoms with Gasteiger partial charge < -0.3 is 14.8 Å². The van der Waals surface area contributed by atoms with Crippen LogP contribution in [0.15, 0.2) is 18.5 Å². The van der Waals surface area contributed by atoms with Crippen LogP contribution in [-0.4, -0.2) is 36.9 Å². The maximum Gasteiger partial charge on any atom is 0.254 e. The molecule has 0 bridgehead atoms. The third kappa shape index (κ3) is 4.60. The number of nitrogens with one attached hydrogen (secondary N) is 1. The van der Waals surface area contributed by atoms with Gasteiger partial charge in [-0.15, -0.1) is 0 Å². The van der Waals surface area contributed by atoms with Crippen LogP contribution < -0.4 is 5.32 Å². The van der Waals surface area contributed by atoms with Crippen LogP contribution >= 0.6 is 11.6 Å². The summed E-state index contributed by atoms with van der Waals surface area (Å²) in [6, 6.07) is 1.57. The average Bonchev–Trinajstić information content (AvgIpc) is 2.36. The summed E-state index contributed by atoms with van der Waals surface area (Å²) in [5.74, 6) is -0.294. The fraction of sp³-hybridized carbons (Fsp3) is 0.500. The van der Waals surface area contributed by atoms with E-state index in [1.165, 1.54) is 12.4 Å². The van der Waals surface area contributed by atoms with Crippen molar-refractivity contribution >= 4 is 17.5 Å². The minimum Gasteiger partial charge on any atom is -0.351 e. The first kappa shape index (κ1) is 14.9. The minimum atomic E-state index is -0.445. The van der Waals surface area contributed by atoms with Crippen LogP contribution in [0.2, 0.25) is 5.02 Å². The SMILES string of the molecule is CCOC(CNC(=O)c1cnccc1Cl)OCC. The van der Waals surface area contributed by atoms with Crippen LogP contribution in [0.5, 0.6) is 0 Å². The highest BCUT2D eigenvalue weighted by Crippen LogP contribution is 2.12. The average molecular weight is 273 g/mol. The van der Waals surface area contributed by atoms with E-state index in [0.29, 0.717) is 23.8 Å². The van der Waals surface area contributed by atoms with E-state index in [9.17, 15) is 4.79 Å². The number of pyridine rings is 1. The Balaban J connectivity index is 2.52. The topological polar surface area (TPSA) is 60.5 Å². The molecule has 1 aromatic heterocycles. The molecule has 1 aromatic rings. The molecule has 0 aromatic carbocycles. The predicted molar refractivity (Wildman–Crippen MR) is 68.6 cm³/mol. The third-order valence-electron chi connectivity index (χ3n) is 2.15. The molecule has 0 fully saturated rings. The van der Waals surface area contributed by atoms with E-state index < -0.39 is 6.29 Å². The number of rotatable bonds is 7. The number of amides is 1. The summed E-state index contributed by atoms with van der Waals surface area (Å²) in [5, 5.41) is 3.06. The number of ether oxygens (including phenoxy) is 2. The van der Waals surface area contributed by atoms with E-state index in [2.05, 4.69) is 10.3 Å². The largest absolute Gasteiger partial charge is 0.351 e. The lowest BCUT2D eigenvalue weighted by Gasteiger charge is -2.17. The molecule has 0 aliphatic heterocycles. The number of carbonyl (C=O) groups is 1. The fourth-order valence-electron chi connectivity index (χ4n) is 1.35. The molecule has 6 heteroatoms. The molecule has 0 aliphatic rings. The molecule has 0 saturated carbocycles. The number of hydrogen-bond acceptors (Lipinski definition) is 4. The van der Waals surface area contributed by atoms with Crippen LogP contribution in [0.3, 0.4) is 0 Å². The Hall–Kier alpha value is -1.17. The van der Waals surface area contributed by atoms with E-state index in [-0.39, 0.29) is 12.5 Å². The maximum atomic E-state index is 11.8. The first-order valence-corrected chi connectivity index (χ1v) is 6.17. The van der Waals surface area contributed by atoms with E-state index in [1.807, 2.05) is 13.8 Å². The van der Waals surface area contributed by atoms with Crippen LogP contribution in [0.4, 0.5) is 0 Å². The molecule has 1 rings (SSSR count). The van der Waals surface area contributed by atoms with Gasteiger partial charge in [0.15, 0.2) is 6.29 Å². The van der Waals surface area contributed by atoms with Gasteiger partial charge in [-0.3, -0.25) is 9.78 Å². The molecule has 0 saturated heterocycles. The highest BCUT2D eigenvalue weighted by Gasteiger charge is 2.13. The third-order valence-corrected chi connectivity index (χ3v) is 2.48. The van der Waals surface area contributed by atoms with Gasteiger partial charge in [-0.2, -0.15) is 0 Å². The van der Waals surface area contributed by atoms with Crippen molar-refractivity contribution in [1.82, 2.24) is 10.3 Å². The fourth-order valence-corrected chi connectivity index (χ4v) is 1.54. The van der Waals surface area contributed by atoms with Gasteiger partial charge in [0.1, 0.15) is 0 Å². The van der Waals surface area contributed by atoms with Crippen molar-refractivity contribution in [2.75, 3.05) is 19.8 Å². The standard InChI is InChI=1S/C12H17ClN2O3/c1-3-17-11(18-4-2)8-15-12(16)9-7-14-6-5-10(9)13/h5-7,11H,3-4,8H2,1-2H3,(H,15,16). The van der Waals surface area contributed by atoms with Crippen LogP contribution in [-0.2, 0) is 9.47 Å². The molecule has 0 radical (unpaired) electrons. The second-order valence-electron chi connectivity index (χ2n) is 3.41. The van der Waals surface area contributed by atoms with Gasteiger partial charge in [0, 0.05) is 25.6 Å². The Morgan fingerprint density at radius 1 is 1.44 bits per heavy atom. The Labute approximate surface area is 111 Å². The van der Waals surface area contributed by atoms with Crippen LogP contribution in [0.25, 0.3) is 0 Å². The van der Waals surface area contributed by atoms with E-state index in [0.717, 1.165) is 0 Å². The lowest BCUT2D eigenvalue weighted by Crippen LogP contribution is -2.35. The van der Waals surface area contributed by atoms with Crippen molar-refractivity contribution in [1.29, 1.82) is 0 Å². The van der Waals surface area contributed by atoms with Crippen molar-refractivity contribution in [2.24, 2.45) is 0 Å². The first-order chi connectivity index (χ1) is 8.69. The van der Waals surface area contributed by atoms with Crippen LogP contribution in [0, 0.1) is 0 Å². The summed E-state index contributed by atoms with van der Waals surface area (Å²) in [4.78, 5) is 15.7. The van der Waals surface area contributed by atoms with Gasteiger partial charge in [0.05, 0.1) is 17.1 Å². The summed E-state index contributed by atoms with van der Waals surface area (Å²) in [7, 11) is 0. The summed E-state index contributed by atoms with van der Waals surface area (Å²) in [5.41, 5.74) is 0.339. The molecular weight excluding hydrogens is 256 g/mol. The molecule has 5 nitrogen and oxygen atoms in total. The second kappa shape index (κ2) is 8.02. The van der Waals surface area contributed by atoms with Gasteiger partial charge in [-0.1, -0.05) is 11.6 Å². The highest BCUT2D eigenvalue weighted by molar-refractivity contribution is 6.33. The zero-order valence-corrected chi connectivity index (χ0v) is 11.2. The summed E-state index contributed by atoms with van der Waals surface area (Å²) < 4.78 is 10.6. The highest BCUT2D eigenvalue weighted by atomic mass is 35.5. The second-order valence-corrected chi connectivity index (χ2v) is 3.81.